The molecular weight excluding hydrogens is 262 g/mol. The maximum atomic E-state index is 11.1. The standard InChI is InChI=1S/C17H19N3O/c18-16-9-13(17(19)21)5-6-15(16)11-20-8-7-12-3-1-2-4-14(12)10-20/h1-6,9H,7-8,10-11,18H2,(H2,19,21). The summed E-state index contributed by atoms with van der Waals surface area (Å²) >= 11 is 0. The number of nitrogens with two attached hydrogens (primary N) is 2. The number of fused-ring (bicyclic) bond motifs is 1. The molecule has 108 valence electrons. The minimum atomic E-state index is -0.444. The Kier molecular flexibility index (Phi) is 3.62. The highest BCUT2D eigenvalue weighted by Crippen LogP contribution is 2.22. The van der Waals surface area contributed by atoms with E-state index in [0.29, 0.717) is 11.3 Å². The van der Waals surface area contributed by atoms with Crippen molar-refractivity contribution in [2.75, 3.05) is 12.3 Å². The van der Waals surface area contributed by atoms with Crippen molar-refractivity contribution in [1.82, 2.24) is 4.90 Å². The van der Waals surface area contributed by atoms with Gasteiger partial charge in [-0.2, -0.15) is 0 Å². The Morgan fingerprint density at radius 3 is 2.62 bits per heavy atom. The zero-order chi connectivity index (χ0) is 14.8. The van der Waals surface area contributed by atoms with E-state index in [4.69, 9.17) is 11.5 Å². The Hall–Kier alpha value is -2.33. The Balaban J connectivity index is 1.75. The first-order valence-electron chi connectivity index (χ1n) is 7.11. The van der Waals surface area contributed by atoms with Gasteiger partial charge >= 0.3 is 0 Å². The highest BCUT2D eigenvalue weighted by molar-refractivity contribution is 5.93. The molecule has 1 heterocycles. The summed E-state index contributed by atoms with van der Waals surface area (Å²) in [5, 5.41) is 0. The van der Waals surface area contributed by atoms with Crippen LogP contribution in [0.4, 0.5) is 5.69 Å². The summed E-state index contributed by atoms with van der Waals surface area (Å²) < 4.78 is 0. The van der Waals surface area contributed by atoms with E-state index in [2.05, 4.69) is 29.2 Å². The van der Waals surface area contributed by atoms with E-state index in [1.807, 2.05) is 6.07 Å². The molecule has 0 aromatic heterocycles. The fourth-order valence-electron chi connectivity index (χ4n) is 2.82. The van der Waals surface area contributed by atoms with Gasteiger partial charge in [-0.1, -0.05) is 30.3 Å². The van der Waals surface area contributed by atoms with Gasteiger partial charge in [-0.25, -0.2) is 0 Å². The summed E-state index contributed by atoms with van der Waals surface area (Å²) in [5.41, 5.74) is 16.3. The molecule has 3 rings (SSSR count). The third kappa shape index (κ3) is 2.90. The average Bonchev–Trinajstić information content (AvgIpc) is 2.49. The number of carbonyl (C=O) groups is 1. The molecule has 2 aromatic carbocycles. The highest BCUT2D eigenvalue weighted by Gasteiger charge is 2.16. The lowest BCUT2D eigenvalue weighted by atomic mass is 9.99. The van der Waals surface area contributed by atoms with Crippen LogP contribution in [0.3, 0.4) is 0 Å². The van der Waals surface area contributed by atoms with E-state index < -0.39 is 5.91 Å². The van der Waals surface area contributed by atoms with Crippen molar-refractivity contribution in [2.24, 2.45) is 5.73 Å². The quantitative estimate of drug-likeness (QED) is 0.844. The second kappa shape index (κ2) is 5.58. The van der Waals surface area contributed by atoms with Gasteiger partial charge in [0.1, 0.15) is 0 Å². The number of nitrogens with zero attached hydrogens (tertiary/aromatic N) is 1. The zero-order valence-electron chi connectivity index (χ0n) is 11.9. The number of hydrogen-bond acceptors (Lipinski definition) is 3. The van der Waals surface area contributed by atoms with Crippen LogP contribution in [0, 0.1) is 0 Å². The van der Waals surface area contributed by atoms with Crippen molar-refractivity contribution >= 4 is 11.6 Å². The van der Waals surface area contributed by atoms with Gasteiger partial charge < -0.3 is 11.5 Å². The monoisotopic (exact) mass is 281 g/mol. The van der Waals surface area contributed by atoms with Crippen molar-refractivity contribution in [2.45, 2.75) is 19.5 Å². The van der Waals surface area contributed by atoms with Crippen LogP contribution in [0.5, 0.6) is 0 Å². The molecule has 4 heteroatoms. The van der Waals surface area contributed by atoms with E-state index in [1.165, 1.54) is 11.1 Å². The molecule has 1 aliphatic rings. The Morgan fingerprint density at radius 2 is 1.90 bits per heavy atom. The number of rotatable bonds is 3. The molecule has 0 atom stereocenters. The Morgan fingerprint density at radius 1 is 1.14 bits per heavy atom. The van der Waals surface area contributed by atoms with Crippen molar-refractivity contribution in [3.05, 3.63) is 64.7 Å². The normalized spacial score (nSPS) is 14.7. The predicted octanol–water partition coefficient (Wildman–Crippen LogP) is 1.93. The predicted molar refractivity (Wildman–Crippen MR) is 83.6 cm³/mol. The molecule has 0 saturated carbocycles. The van der Waals surface area contributed by atoms with Gasteiger partial charge in [-0.3, -0.25) is 9.69 Å². The summed E-state index contributed by atoms with van der Waals surface area (Å²) in [6.07, 6.45) is 1.06. The van der Waals surface area contributed by atoms with Crippen molar-refractivity contribution < 1.29 is 4.79 Å². The van der Waals surface area contributed by atoms with Gasteiger partial charge in [-0.15, -0.1) is 0 Å². The molecular formula is C17H19N3O. The van der Waals surface area contributed by atoms with Crippen LogP contribution in [-0.4, -0.2) is 17.4 Å². The summed E-state index contributed by atoms with van der Waals surface area (Å²) in [6.45, 7) is 2.75. The van der Waals surface area contributed by atoms with E-state index in [9.17, 15) is 4.79 Å². The molecule has 1 amide bonds. The number of primary amides is 1. The first-order valence-corrected chi connectivity index (χ1v) is 7.11. The van der Waals surface area contributed by atoms with Gasteiger partial charge in [0.2, 0.25) is 5.91 Å². The molecule has 0 radical (unpaired) electrons. The zero-order valence-corrected chi connectivity index (χ0v) is 11.9. The lowest BCUT2D eigenvalue weighted by Crippen LogP contribution is -2.30. The van der Waals surface area contributed by atoms with Gasteiger partial charge in [0.25, 0.3) is 0 Å². The van der Waals surface area contributed by atoms with Crippen molar-refractivity contribution in [1.29, 1.82) is 0 Å². The largest absolute Gasteiger partial charge is 0.398 e. The van der Waals surface area contributed by atoms with Crippen LogP contribution in [-0.2, 0) is 19.5 Å². The maximum Gasteiger partial charge on any atom is 0.248 e. The van der Waals surface area contributed by atoms with E-state index in [1.54, 1.807) is 12.1 Å². The molecule has 0 saturated heterocycles. The minimum absolute atomic E-state index is 0.444. The third-order valence-electron chi connectivity index (χ3n) is 4.03. The first kappa shape index (κ1) is 13.6. The molecule has 0 bridgehead atoms. The molecule has 0 aliphatic carbocycles. The summed E-state index contributed by atoms with van der Waals surface area (Å²) in [5.74, 6) is -0.444. The number of nitrogen functional groups attached to an aromatic ring is 1. The smallest absolute Gasteiger partial charge is 0.248 e. The van der Waals surface area contributed by atoms with Crippen LogP contribution in [0.2, 0.25) is 0 Å². The van der Waals surface area contributed by atoms with Gasteiger partial charge in [-0.05, 0) is 35.2 Å². The SMILES string of the molecule is NC(=O)c1ccc(CN2CCc3ccccc3C2)c(N)c1. The summed E-state index contributed by atoms with van der Waals surface area (Å²) in [4.78, 5) is 13.5. The number of benzene rings is 2. The van der Waals surface area contributed by atoms with Crippen LogP contribution in [0.25, 0.3) is 0 Å². The fraction of sp³-hybridized carbons (Fsp3) is 0.235. The van der Waals surface area contributed by atoms with Gasteiger partial charge in [0.15, 0.2) is 0 Å². The highest BCUT2D eigenvalue weighted by atomic mass is 16.1. The molecule has 21 heavy (non-hydrogen) atoms. The molecule has 0 unspecified atom stereocenters. The maximum absolute atomic E-state index is 11.1. The Bertz CT molecular complexity index is 681. The summed E-state index contributed by atoms with van der Waals surface area (Å²) in [7, 11) is 0. The summed E-state index contributed by atoms with van der Waals surface area (Å²) in [6, 6.07) is 13.9. The van der Waals surface area contributed by atoms with Crippen LogP contribution < -0.4 is 11.5 Å². The number of carbonyl (C=O) groups excluding carboxylic acids is 1. The van der Waals surface area contributed by atoms with Crippen LogP contribution >= 0.6 is 0 Å². The lowest BCUT2D eigenvalue weighted by Gasteiger charge is -2.29. The topological polar surface area (TPSA) is 72.4 Å². The molecule has 4 nitrogen and oxygen atoms in total. The van der Waals surface area contributed by atoms with Crippen molar-refractivity contribution in [3.8, 4) is 0 Å². The third-order valence-corrected chi connectivity index (χ3v) is 4.03. The van der Waals surface area contributed by atoms with E-state index >= 15 is 0 Å². The molecule has 2 aromatic rings. The minimum Gasteiger partial charge on any atom is -0.398 e. The second-order valence-corrected chi connectivity index (χ2v) is 5.51. The second-order valence-electron chi connectivity index (χ2n) is 5.51. The van der Waals surface area contributed by atoms with Crippen LogP contribution in [0.1, 0.15) is 27.0 Å². The van der Waals surface area contributed by atoms with Gasteiger partial charge in [0.05, 0.1) is 0 Å². The number of anilines is 1. The molecule has 4 N–H and O–H groups in total. The Labute approximate surface area is 124 Å². The lowest BCUT2D eigenvalue weighted by molar-refractivity contribution is 0.100. The average molecular weight is 281 g/mol. The molecule has 0 spiro atoms. The fourth-order valence-corrected chi connectivity index (χ4v) is 2.82. The van der Waals surface area contributed by atoms with E-state index in [-0.39, 0.29) is 0 Å². The molecule has 1 aliphatic heterocycles. The molecule has 0 fully saturated rings. The van der Waals surface area contributed by atoms with Crippen molar-refractivity contribution in [3.63, 3.8) is 0 Å². The number of amides is 1. The number of hydrogen-bond donors (Lipinski definition) is 2. The van der Waals surface area contributed by atoms with E-state index in [0.717, 1.165) is 31.6 Å². The first-order chi connectivity index (χ1) is 10.1. The van der Waals surface area contributed by atoms with Gasteiger partial charge in [0, 0.05) is 30.9 Å². The van der Waals surface area contributed by atoms with Crippen LogP contribution in [0.15, 0.2) is 42.5 Å².